The Morgan fingerprint density at radius 3 is 2.52 bits per heavy atom. The van der Waals surface area contributed by atoms with Gasteiger partial charge in [0.2, 0.25) is 0 Å². The number of rotatable bonds is 1. The summed E-state index contributed by atoms with van der Waals surface area (Å²) in [6, 6.07) is 2.85. The van der Waals surface area contributed by atoms with E-state index in [9.17, 15) is 18.0 Å². The van der Waals surface area contributed by atoms with Gasteiger partial charge in [-0.15, -0.1) is 0 Å². The van der Waals surface area contributed by atoms with Gasteiger partial charge >= 0.3 is 6.18 Å². The number of amides is 1. The smallest absolute Gasteiger partial charge is 0.372 e. The predicted octanol–water partition coefficient (Wildman–Crippen LogP) is 3.30. The molecule has 0 atom stereocenters. The van der Waals surface area contributed by atoms with E-state index in [2.05, 4.69) is 4.90 Å². The molecule has 0 aliphatic carbocycles. The zero-order valence-corrected chi connectivity index (χ0v) is 14.7. The topological polar surface area (TPSA) is 32.8 Å². The highest BCUT2D eigenvalue weighted by Gasteiger charge is 2.40. The van der Waals surface area contributed by atoms with E-state index < -0.39 is 17.6 Å². The number of carbonyl (C=O) groups is 1. The number of piperidine rings is 1. The quantitative estimate of drug-likeness (QED) is 0.754. The van der Waals surface area contributed by atoms with Gasteiger partial charge in [-0.25, -0.2) is 0 Å². The van der Waals surface area contributed by atoms with Gasteiger partial charge in [-0.1, -0.05) is 11.6 Å². The van der Waals surface area contributed by atoms with Crippen LogP contribution in [0, 0.1) is 0 Å². The number of morpholine rings is 1. The van der Waals surface area contributed by atoms with Crippen LogP contribution in [0.15, 0.2) is 18.2 Å². The first-order valence-corrected chi connectivity index (χ1v) is 8.57. The lowest BCUT2D eigenvalue weighted by molar-refractivity contribution is -0.137. The van der Waals surface area contributed by atoms with E-state index in [4.69, 9.17) is 16.3 Å². The molecular weight excluding hydrogens is 357 g/mol. The average molecular weight is 377 g/mol. The molecule has 0 aromatic heterocycles. The second-order valence-electron chi connectivity index (χ2n) is 6.75. The zero-order chi connectivity index (χ0) is 18.2. The highest BCUT2D eigenvalue weighted by atomic mass is 35.5. The number of likely N-dealkylation sites (N-methyl/N-ethyl adjacent to an activating group) is 1. The molecule has 0 unspecified atom stereocenters. The Hall–Kier alpha value is -1.31. The largest absolute Gasteiger partial charge is 0.416 e. The maximum atomic E-state index is 12.9. The van der Waals surface area contributed by atoms with Gasteiger partial charge in [-0.05, 0) is 38.1 Å². The molecule has 2 heterocycles. The molecule has 2 saturated heterocycles. The van der Waals surface area contributed by atoms with Crippen molar-refractivity contribution in [2.24, 2.45) is 0 Å². The summed E-state index contributed by atoms with van der Waals surface area (Å²) in [6.07, 6.45) is -3.18. The molecular formula is C17H20ClF3N2O2. The lowest BCUT2D eigenvalue weighted by Crippen LogP contribution is -2.56. The van der Waals surface area contributed by atoms with Gasteiger partial charge in [-0.2, -0.15) is 13.2 Å². The molecule has 4 nitrogen and oxygen atoms in total. The van der Waals surface area contributed by atoms with Crippen LogP contribution in [-0.4, -0.2) is 61.1 Å². The Bertz CT molecular complexity index is 658. The van der Waals surface area contributed by atoms with E-state index in [1.54, 1.807) is 4.90 Å². The third-order valence-corrected chi connectivity index (χ3v) is 5.25. The molecule has 2 aliphatic rings. The fourth-order valence-corrected chi connectivity index (χ4v) is 3.69. The summed E-state index contributed by atoms with van der Waals surface area (Å²) in [6.45, 7) is 3.23. The molecule has 0 bridgehead atoms. The normalized spacial score (nSPS) is 21.6. The lowest BCUT2D eigenvalue weighted by atomic mass is 9.89. The van der Waals surface area contributed by atoms with Gasteiger partial charge < -0.3 is 14.5 Å². The Morgan fingerprint density at radius 1 is 1.24 bits per heavy atom. The molecule has 0 radical (unpaired) electrons. The molecule has 1 aromatic rings. The first-order valence-electron chi connectivity index (χ1n) is 8.19. The number of carbonyl (C=O) groups excluding carboxylic acids is 1. The fourth-order valence-electron chi connectivity index (χ4n) is 3.49. The van der Waals surface area contributed by atoms with E-state index in [0.29, 0.717) is 32.5 Å². The van der Waals surface area contributed by atoms with Gasteiger partial charge in [-0.3, -0.25) is 4.79 Å². The van der Waals surface area contributed by atoms with Crippen LogP contribution < -0.4 is 0 Å². The third-order valence-electron chi connectivity index (χ3n) is 4.93. The number of ether oxygens (including phenoxy) is 1. The number of nitrogens with zero attached hydrogens (tertiary/aromatic N) is 2. The fraction of sp³-hybridized carbons (Fsp3) is 0.588. The van der Waals surface area contributed by atoms with Gasteiger partial charge in [0, 0.05) is 26.2 Å². The Kier molecular flexibility index (Phi) is 5.01. The molecule has 0 N–H and O–H groups in total. The Morgan fingerprint density at radius 2 is 1.92 bits per heavy atom. The van der Waals surface area contributed by atoms with Crippen molar-refractivity contribution in [3.8, 4) is 0 Å². The second kappa shape index (κ2) is 6.78. The summed E-state index contributed by atoms with van der Waals surface area (Å²) in [7, 11) is 2.03. The van der Waals surface area contributed by atoms with E-state index in [1.165, 1.54) is 0 Å². The van der Waals surface area contributed by atoms with Crippen LogP contribution in [0.1, 0.15) is 28.8 Å². The molecule has 138 valence electrons. The molecule has 2 fully saturated rings. The highest BCUT2D eigenvalue weighted by molar-refractivity contribution is 6.33. The molecule has 8 heteroatoms. The SMILES string of the molecule is CN1CCOC2(CCN(C(=O)c3cc(C(F)(F)F)ccc3Cl)CC2)C1. The monoisotopic (exact) mass is 376 g/mol. The molecule has 1 amide bonds. The summed E-state index contributed by atoms with van der Waals surface area (Å²) in [5.41, 5.74) is -1.23. The van der Waals surface area contributed by atoms with Gasteiger partial charge in [0.1, 0.15) is 0 Å². The number of benzene rings is 1. The van der Waals surface area contributed by atoms with Crippen molar-refractivity contribution in [1.29, 1.82) is 0 Å². The van der Waals surface area contributed by atoms with Crippen LogP contribution in [0.2, 0.25) is 5.02 Å². The minimum absolute atomic E-state index is 0.0342. The molecule has 2 aliphatic heterocycles. The number of likely N-dealkylation sites (tertiary alicyclic amines) is 1. The standard InChI is InChI=1S/C17H20ClF3N2O2/c1-22-8-9-25-16(11-22)4-6-23(7-5-16)15(24)13-10-12(17(19,20)21)2-3-14(13)18/h2-3,10H,4-9,11H2,1H3. The maximum Gasteiger partial charge on any atom is 0.416 e. The lowest BCUT2D eigenvalue weighted by Gasteiger charge is -2.46. The maximum absolute atomic E-state index is 12.9. The Balaban J connectivity index is 1.73. The third kappa shape index (κ3) is 3.93. The van der Waals surface area contributed by atoms with Gasteiger partial charge in [0.25, 0.3) is 5.91 Å². The number of hydrogen-bond donors (Lipinski definition) is 0. The van der Waals surface area contributed by atoms with Crippen molar-refractivity contribution >= 4 is 17.5 Å². The van der Waals surface area contributed by atoms with Crippen LogP contribution >= 0.6 is 11.6 Å². The van der Waals surface area contributed by atoms with Gasteiger partial charge in [0.15, 0.2) is 0 Å². The summed E-state index contributed by atoms with van der Waals surface area (Å²) < 4.78 is 44.6. The van der Waals surface area contributed by atoms with Crippen molar-refractivity contribution in [3.05, 3.63) is 34.3 Å². The van der Waals surface area contributed by atoms with Gasteiger partial charge in [0.05, 0.1) is 28.4 Å². The van der Waals surface area contributed by atoms with Crippen LogP contribution in [0.4, 0.5) is 13.2 Å². The summed E-state index contributed by atoms with van der Waals surface area (Å²) in [5, 5.41) is 0.0342. The zero-order valence-electron chi connectivity index (χ0n) is 13.9. The highest BCUT2D eigenvalue weighted by Crippen LogP contribution is 2.34. The van der Waals surface area contributed by atoms with Crippen LogP contribution in [-0.2, 0) is 10.9 Å². The molecule has 1 spiro atoms. The molecule has 0 saturated carbocycles. The first-order chi connectivity index (χ1) is 11.7. The number of hydrogen-bond acceptors (Lipinski definition) is 3. The minimum Gasteiger partial charge on any atom is -0.372 e. The van der Waals surface area contributed by atoms with Crippen molar-refractivity contribution in [2.75, 3.05) is 39.8 Å². The van der Waals surface area contributed by atoms with Crippen LogP contribution in [0.5, 0.6) is 0 Å². The van der Waals surface area contributed by atoms with Crippen molar-refractivity contribution in [2.45, 2.75) is 24.6 Å². The summed E-state index contributed by atoms with van der Waals surface area (Å²) in [5.74, 6) is -0.463. The molecule has 3 rings (SSSR count). The van der Waals surface area contributed by atoms with Crippen molar-refractivity contribution < 1.29 is 22.7 Å². The second-order valence-corrected chi connectivity index (χ2v) is 7.16. The number of alkyl halides is 3. The van der Waals surface area contributed by atoms with Crippen LogP contribution in [0.25, 0.3) is 0 Å². The first kappa shape index (κ1) is 18.5. The van der Waals surface area contributed by atoms with E-state index in [0.717, 1.165) is 31.3 Å². The average Bonchev–Trinajstić information content (AvgIpc) is 2.54. The van der Waals surface area contributed by atoms with Crippen molar-refractivity contribution in [1.82, 2.24) is 9.80 Å². The Labute approximate surface area is 149 Å². The summed E-state index contributed by atoms with van der Waals surface area (Å²) >= 11 is 5.98. The predicted molar refractivity (Wildman–Crippen MR) is 87.8 cm³/mol. The molecule has 25 heavy (non-hydrogen) atoms. The van der Waals surface area contributed by atoms with E-state index in [-0.39, 0.29) is 16.2 Å². The summed E-state index contributed by atoms with van der Waals surface area (Å²) in [4.78, 5) is 16.4. The van der Waals surface area contributed by atoms with Crippen LogP contribution in [0.3, 0.4) is 0 Å². The minimum atomic E-state index is -4.51. The van der Waals surface area contributed by atoms with Crippen molar-refractivity contribution in [3.63, 3.8) is 0 Å². The van der Waals surface area contributed by atoms with E-state index >= 15 is 0 Å². The molecule has 1 aromatic carbocycles. The van der Waals surface area contributed by atoms with E-state index in [1.807, 2.05) is 7.05 Å². The number of halogens is 4.